The van der Waals surface area contributed by atoms with Gasteiger partial charge in [-0.25, -0.2) is 9.37 Å². The van der Waals surface area contributed by atoms with Crippen LogP contribution in [-0.4, -0.2) is 35.0 Å². The largest absolute Gasteiger partial charge is 0.358 e. The number of rotatable bonds is 4. The van der Waals surface area contributed by atoms with Crippen molar-refractivity contribution in [1.82, 2.24) is 15.3 Å². The van der Waals surface area contributed by atoms with Crippen molar-refractivity contribution in [1.29, 1.82) is 0 Å². The van der Waals surface area contributed by atoms with Gasteiger partial charge in [-0.05, 0) is 20.8 Å². The third-order valence-electron chi connectivity index (χ3n) is 1.90. The molecule has 7 heteroatoms. The second kappa shape index (κ2) is 5.61. The van der Waals surface area contributed by atoms with Crippen LogP contribution in [0.4, 0.5) is 16.2 Å². The highest BCUT2D eigenvalue weighted by molar-refractivity contribution is 5.81. The Kier molecular flexibility index (Phi) is 4.41. The summed E-state index contributed by atoms with van der Waals surface area (Å²) >= 11 is 0. The summed E-state index contributed by atoms with van der Waals surface area (Å²) in [7, 11) is 1.63. The first-order valence-corrected chi connectivity index (χ1v) is 5.57. The molecular weight excluding hydrogens is 237 g/mol. The van der Waals surface area contributed by atoms with Crippen LogP contribution in [0.3, 0.4) is 0 Å². The van der Waals surface area contributed by atoms with Gasteiger partial charge >= 0.3 is 0 Å². The van der Waals surface area contributed by atoms with Crippen molar-refractivity contribution in [3.63, 3.8) is 0 Å². The lowest BCUT2D eigenvalue weighted by Crippen LogP contribution is -2.43. The Balaban J connectivity index is 2.60. The van der Waals surface area contributed by atoms with Gasteiger partial charge in [0, 0.05) is 12.6 Å². The van der Waals surface area contributed by atoms with Gasteiger partial charge in [0.15, 0.2) is 11.6 Å². The number of aromatic nitrogens is 2. The van der Waals surface area contributed by atoms with Crippen molar-refractivity contribution < 1.29 is 9.18 Å². The predicted molar refractivity (Wildman–Crippen MR) is 67.9 cm³/mol. The van der Waals surface area contributed by atoms with E-state index in [0.717, 1.165) is 6.20 Å². The Morgan fingerprint density at radius 3 is 2.67 bits per heavy atom. The molecule has 0 spiro atoms. The van der Waals surface area contributed by atoms with Crippen LogP contribution in [0, 0.1) is 5.82 Å². The van der Waals surface area contributed by atoms with Crippen LogP contribution in [0.2, 0.25) is 0 Å². The summed E-state index contributed by atoms with van der Waals surface area (Å²) in [6.45, 7) is 5.56. The molecule has 1 aromatic rings. The van der Waals surface area contributed by atoms with Crippen molar-refractivity contribution >= 4 is 17.7 Å². The van der Waals surface area contributed by atoms with Crippen molar-refractivity contribution in [2.75, 3.05) is 24.2 Å². The maximum atomic E-state index is 13.3. The van der Waals surface area contributed by atoms with Crippen molar-refractivity contribution in [3.05, 3.63) is 12.0 Å². The summed E-state index contributed by atoms with van der Waals surface area (Å²) in [5, 5.41) is 8.08. The van der Waals surface area contributed by atoms with E-state index in [1.54, 1.807) is 7.05 Å². The number of amides is 1. The molecule has 18 heavy (non-hydrogen) atoms. The number of nitrogens with one attached hydrogen (secondary N) is 3. The number of nitrogens with zero attached hydrogens (tertiary/aromatic N) is 2. The molecule has 0 fully saturated rings. The highest BCUT2D eigenvalue weighted by Crippen LogP contribution is 2.10. The Labute approximate surface area is 105 Å². The zero-order valence-electron chi connectivity index (χ0n) is 11.0. The minimum Gasteiger partial charge on any atom is -0.358 e. The number of hydrogen-bond acceptors (Lipinski definition) is 5. The van der Waals surface area contributed by atoms with Gasteiger partial charge in [-0.15, -0.1) is 0 Å². The predicted octanol–water partition coefficient (Wildman–Crippen LogP) is 0.984. The second-order valence-corrected chi connectivity index (χ2v) is 4.79. The zero-order chi connectivity index (χ0) is 13.8. The smallest absolute Gasteiger partial charge is 0.239 e. The Bertz CT molecular complexity index is 430. The van der Waals surface area contributed by atoms with Gasteiger partial charge in [0.05, 0.1) is 12.7 Å². The number of anilines is 2. The molecule has 0 saturated carbocycles. The van der Waals surface area contributed by atoms with E-state index in [9.17, 15) is 9.18 Å². The van der Waals surface area contributed by atoms with Crippen LogP contribution in [0.5, 0.6) is 0 Å². The van der Waals surface area contributed by atoms with Crippen LogP contribution in [-0.2, 0) is 4.79 Å². The summed E-state index contributed by atoms with van der Waals surface area (Å²) < 4.78 is 13.3. The molecule has 1 amide bonds. The van der Waals surface area contributed by atoms with Gasteiger partial charge in [0.2, 0.25) is 11.9 Å². The van der Waals surface area contributed by atoms with E-state index in [2.05, 4.69) is 25.9 Å². The molecular formula is C11H18FN5O. The third-order valence-corrected chi connectivity index (χ3v) is 1.90. The van der Waals surface area contributed by atoms with Crippen LogP contribution in [0.1, 0.15) is 20.8 Å². The molecule has 1 aromatic heterocycles. The topological polar surface area (TPSA) is 78.9 Å². The van der Waals surface area contributed by atoms with Gasteiger partial charge in [-0.2, -0.15) is 4.98 Å². The van der Waals surface area contributed by atoms with Gasteiger partial charge < -0.3 is 16.0 Å². The number of halogens is 1. The molecule has 1 rings (SSSR count). The number of hydrogen-bond donors (Lipinski definition) is 3. The second-order valence-electron chi connectivity index (χ2n) is 4.79. The summed E-state index contributed by atoms with van der Waals surface area (Å²) in [4.78, 5) is 19.1. The molecule has 0 aliphatic heterocycles. The molecule has 100 valence electrons. The van der Waals surface area contributed by atoms with Gasteiger partial charge in [0.25, 0.3) is 0 Å². The Morgan fingerprint density at radius 2 is 2.11 bits per heavy atom. The first-order chi connectivity index (χ1) is 8.31. The zero-order valence-corrected chi connectivity index (χ0v) is 11.0. The minimum absolute atomic E-state index is 0.00147. The fourth-order valence-electron chi connectivity index (χ4n) is 1.24. The molecule has 0 aromatic carbocycles. The van der Waals surface area contributed by atoms with E-state index in [1.807, 2.05) is 20.8 Å². The molecule has 0 bridgehead atoms. The minimum atomic E-state index is -0.599. The van der Waals surface area contributed by atoms with Crippen LogP contribution in [0.15, 0.2) is 6.20 Å². The Morgan fingerprint density at radius 1 is 1.44 bits per heavy atom. The highest BCUT2D eigenvalue weighted by atomic mass is 19.1. The highest BCUT2D eigenvalue weighted by Gasteiger charge is 2.14. The molecule has 0 atom stereocenters. The van der Waals surface area contributed by atoms with E-state index in [-0.39, 0.29) is 29.8 Å². The maximum Gasteiger partial charge on any atom is 0.239 e. The SMILES string of the molecule is CNc1ncc(F)c(NCC(=O)NC(C)(C)C)n1. The fourth-order valence-corrected chi connectivity index (χ4v) is 1.24. The first-order valence-electron chi connectivity index (χ1n) is 5.57. The lowest BCUT2D eigenvalue weighted by atomic mass is 10.1. The normalized spacial score (nSPS) is 10.9. The molecule has 0 unspecified atom stereocenters. The molecule has 0 aliphatic rings. The van der Waals surface area contributed by atoms with Crippen molar-refractivity contribution in [2.24, 2.45) is 0 Å². The number of carbonyl (C=O) groups is 1. The van der Waals surface area contributed by atoms with Crippen molar-refractivity contribution in [3.8, 4) is 0 Å². The van der Waals surface area contributed by atoms with E-state index in [1.165, 1.54) is 0 Å². The van der Waals surface area contributed by atoms with E-state index >= 15 is 0 Å². The summed E-state index contributed by atoms with van der Waals surface area (Å²) in [5.74, 6) is -0.544. The molecule has 3 N–H and O–H groups in total. The molecule has 0 aliphatic carbocycles. The lowest BCUT2D eigenvalue weighted by molar-refractivity contribution is -0.120. The maximum absolute atomic E-state index is 13.3. The summed E-state index contributed by atoms with van der Waals surface area (Å²) in [5.41, 5.74) is -0.320. The molecule has 0 saturated heterocycles. The third kappa shape index (κ3) is 4.52. The Hall–Kier alpha value is -1.92. The standard InChI is InChI=1S/C11H18FN5O/c1-11(2,3)17-8(18)6-14-9-7(12)5-15-10(13-4)16-9/h5H,6H2,1-4H3,(H,17,18)(H2,13,14,15,16). The molecule has 1 heterocycles. The molecule has 0 radical (unpaired) electrons. The average molecular weight is 255 g/mol. The van der Waals surface area contributed by atoms with Gasteiger partial charge in [-0.1, -0.05) is 0 Å². The van der Waals surface area contributed by atoms with E-state index < -0.39 is 5.82 Å². The molecule has 6 nitrogen and oxygen atoms in total. The van der Waals surface area contributed by atoms with Crippen LogP contribution < -0.4 is 16.0 Å². The van der Waals surface area contributed by atoms with Crippen molar-refractivity contribution in [2.45, 2.75) is 26.3 Å². The van der Waals surface area contributed by atoms with Gasteiger partial charge in [-0.3, -0.25) is 4.79 Å². The van der Waals surface area contributed by atoms with E-state index in [4.69, 9.17) is 0 Å². The summed E-state index contributed by atoms with van der Waals surface area (Å²) in [6.07, 6.45) is 1.04. The lowest BCUT2D eigenvalue weighted by Gasteiger charge is -2.20. The first kappa shape index (κ1) is 14.1. The van der Waals surface area contributed by atoms with Gasteiger partial charge in [0.1, 0.15) is 0 Å². The van der Waals surface area contributed by atoms with Crippen LogP contribution >= 0.6 is 0 Å². The van der Waals surface area contributed by atoms with Crippen LogP contribution in [0.25, 0.3) is 0 Å². The van der Waals surface area contributed by atoms with E-state index in [0.29, 0.717) is 0 Å². The monoisotopic (exact) mass is 255 g/mol. The number of carbonyl (C=O) groups excluding carboxylic acids is 1. The fraction of sp³-hybridized carbons (Fsp3) is 0.545. The average Bonchev–Trinajstić information content (AvgIpc) is 2.25. The summed E-state index contributed by atoms with van der Waals surface area (Å²) in [6, 6.07) is 0. The quantitative estimate of drug-likeness (QED) is 0.747.